The Morgan fingerprint density at radius 3 is 2.52 bits per heavy atom. The van der Waals surface area contributed by atoms with Gasteiger partial charge in [0.1, 0.15) is 18.5 Å². The summed E-state index contributed by atoms with van der Waals surface area (Å²) in [7, 11) is 0. The highest BCUT2D eigenvalue weighted by Gasteiger charge is 2.68. The van der Waals surface area contributed by atoms with E-state index in [4.69, 9.17) is 4.74 Å². The van der Waals surface area contributed by atoms with Crippen molar-refractivity contribution >= 4 is 11.8 Å². The first-order valence-corrected chi connectivity index (χ1v) is 10.6. The van der Waals surface area contributed by atoms with Gasteiger partial charge in [-0.25, -0.2) is 4.79 Å². The molecule has 0 aromatic carbocycles. The Morgan fingerprint density at radius 2 is 1.93 bits per heavy atom. The maximum absolute atomic E-state index is 13.1. The molecule has 2 bridgehead atoms. The van der Waals surface area contributed by atoms with E-state index in [0.717, 1.165) is 25.7 Å². The third-order valence-corrected chi connectivity index (χ3v) is 9.11. The molecule has 3 saturated carbocycles. The van der Waals surface area contributed by atoms with Crippen LogP contribution in [0.5, 0.6) is 0 Å². The minimum atomic E-state index is -0.660. The summed E-state index contributed by atoms with van der Waals surface area (Å²) >= 11 is 0. The van der Waals surface area contributed by atoms with Gasteiger partial charge in [-0.3, -0.25) is 4.79 Å². The van der Waals surface area contributed by atoms with Crippen molar-refractivity contribution in [3.8, 4) is 0 Å². The number of hydrogen-bond acceptors (Lipinski definition) is 5. The summed E-state index contributed by atoms with van der Waals surface area (Å²) in [5.74, 6) is -0.320. The Labute approximate surface area is 162 Å². The van der Waals surface area contributed by atoms with Crippen LogP contribution < -0.4 is 0 Å². The smallest absolute Gasteiger partial charge is 0.332 e. The van der Waals surface area contributed by atoms with Gasteiger partial charge in [0.15, 0.2) is 0 Å². The van der Waals surface area contributed by atoms with E-state index in [0.29, 0.717) is 12.8 Å². The molecule has 0 heterocycles. The van der Waals surface area contributed by atoms with Gasteiger partial charge in [0.2, 0.25) is 0 Å². The van der Waals surface area contributed by atoms with Crippen LogP contribution in [0.15, 0.2) is 0 Å². The third kappa shape index (κ3) is 2.79. The average Bonchev–Trinajstić information content (AvgIpc) is 3.00. The van der Waals surface area contributed by atoms with Gasteiger partial charge in [0.05, 0.1) is 6.10 Å². The Bertz CT molecular complexity index is 618. The van der Waals surface area contributed by atoms with Crippen LogP contribution in [0.1, 0.15) is 73.1 Å². The fraction of sp³-hybridized carbons (Fsp3) is 0.909. The van der Waals surface area contributed by atoms with Gasteiger partial charge >= 0.3 is 5.97 Å². The van der Waals surface area contributed by atoms with Crippen LogP contribution in [0, 0.1) is 34.0 Å². The number of carbonyl (C=O) groups is 2. The first-order chi connectivity index (χ1) is 12.6. The Hall–Kier alpha value is -0.940. The molecule has 5 heteroatoms. The second-order valence-electron chi connectivity index (χ2n) is 10.0. The zero-order valence-electron chi connectivity index (χ0n) is 17.5. The second kappa shape index (κ2) is 6.84. The number of carbonyl (C=O) groups excluding carboxylic acids is 2. The Morgan fingerprint density at radius 1 is 1.26 bits per heavy atom. The molecule has 0 spiro atoms. The molecule has 3 aliphatic carbocycles. The van der Waals surface area contributed by atoms with Crippen molar-refractivity contribution in [3.05, 3.63) is 0 Å². The lowest BCUT2D eigenvalue weighted by atomic mass is 9.43. The third-order valence-electron chi connectivity index (χ3n) is 9.11. The van der Waals surface area contributed by atoms with Crippen LogP contribution in [0.25, 0.3) is 0 Å². The lowest BCUT2D eigenvalue weighted by Gasteiger charge is -2.62. The normalized spacial score (nSPS) is 49.9. The predicted molar refractivity (Wildman–Crippen MR) is 102 cm³/mol. The monoisotopic (exact) mass is 380 g/mol. The number of aliphatic hydroxyl groups is 2. The summed E-state index contributed by atoms with van der Waals surface area (Å²) in [5, 5.41) is 20.7. The number of aliphatic hydroxyl groups excluding tert-OH is 2. The Kier molecular flexibility index (Phi) is 5.26. The highest BCUT2D eigenvalue weighted by Crippen LogP contribution is 2.68. The van der Waals surface area contributed by atoms with Crippen molar-refractivity contribution in [2.24, 2.45) is 34.0 Å². The summed E-state index contributed by atoms with van der Waals surface area (Å²) in [4.78, 5) is 25.2. The Balaban J connectivity index is 2.19. The van der Waals surface area contributed by atoms with E-state index in [9.17, 15) is 19.8 Å². The molecule has 0 saturated heterocycles. The molecule has 0 aliphatic heterocycles. The molecule has 8 atom stereocenters. The van der Waals surface area contributed by atoms with E-state index < -0.39 is 35.6 Å². The number of hydrogen-bond donors (Lipinski definition) is 2. The number of Topliss-reactive ketones (excluding diaryl/α,β-unsaturated/α-hetero) is 1. The van der Waals surface area contributed by atoms with E-state index in [1.807, 2.05) is 0 Å². The zero-order chi connectivity index (χ0) is 20.2. The van der Waals surface area contributed by atoms with Gasteiger partial charge in [0, 0.05) is 17.8 Å². The zero-order valence-corrected chi connectivity index (χ0v) is 17.5. The van der Waals surface area contributed by atoms with E-state index in [1.54, 1.807) is 0 Å². The number of ether oxygens (including phenoxy) is 1. The van der Waals surface area contributed by atoms with E-state index in [2.05, 4.69) is 34.6 Å². The fourth-order valence-corrected chi connectivity index (χ4v) is 6.90. The maximum atomic E-state index is 13.1. The van der Waals surface area contributed by atoms with E-state index in [1.165, 1.54) is 0 Å². The predicted octanol–water partition coefficient (Wildman–Crippen LogP) is 3.11. The maximum Gasteiger partial charge on any atom is 0.332 e. The molecule has 154 valence electrons. The van der Waals surface area contributed by atoms with Gasteiger partial charge < -0.3 is 14.9 Å². The van der Waals surface area contributed by atoms with Gasteiger partial charge in [-0.1, -0.05) is 34.6 Å². The van der Waals surface area contributed by atoms with Crippen LogP contribution >= 0.6 is 0 Å². The van der Waals surface area contributed by atoms with E-state index >= 15 is 0 Å². The second-order valence-corrected chi connectivity index (χ2v) is 10.0. The molecular formula is C22H36O5. The standard InChI is InChI=1S/C22H36O5/c1-6-20(4)11-16(27-17(25)12-23)21(5)13(2)7-9-22(14(3)19(20)26)10-8-15(24)18(21)22/h13-14,16,18-19,23,26H,6-12H2,1-5H3/t13-,14+,16-,18?,19+,20-,21+,22+/m1/s1. The van der Waals surface area contributed by atoms with Crippen LogP contribution in [0.3, 0.4) is 0 Å². The molecule has 3 aliphatic rings. The van der Waals surface area contributed by atoms with Crippen molar-refractivity contribution < 1.29 is 24.5 Å². The molecule has 1 unspecified atom stereocenters. The first-order valence-electron chi connectivity index (χ1n) is 10.6. The minimum Gasteiger partial charge on any atom is -0.460 e. The van der Waals surface area contributed by atoms with Crippen molar-refractivity contribution in [1.29, 1.82) is 0 Å². The molecule has 3 rings (SSSR count). The van der Waals surface area contributed by atoms with Crippen molar-refractivity contribution in [1.82, 2.24) is 0 Å². The molecule has 0 aromatic heterocycles. The first kappa shape index (κ1) is 20.8. The minimum absolute atomic E-state index is 0.0280. The molecule has 27 heavy (non-hydrogen) atoms. The largest absolute Gasteiger partial charge is 0.460 e. The average molecular weight is 381 g/mol. The highest BCUT2D eigenvalue weighted by atomic mass is 16.6. The summed E-state index contributed by atoms with van der Waals surface area (Å²) in [6.45, 7) is 9.90. The van der Waals surface area contributed by atoms with Crippen LogP contribution in [0.2, 0.25) is 0 Å². The van der Waals surface area contributed by atoms with Gasteiger partial charge in [-0.05, 0) is 54.8 Å². The van der Waals surface area contributed by atoms with Gasteiger partial charge in [0.25, 0.3) is 0 Å². The van der Waals surface area contributed by atoms with Crippen LogP contribution in [-0.2, 0) is 14.3 Å². The molecule has 2 N–H and O–H groups in total. The SMILES string of the molecule is CC[C@]1(C)C[C@@H](OC(=O)CO)[C@@]2(C)C3C(=O)CC[C@@]3(CC[C@H]2C)[C@@H](C)[C@@H]1O. The van der Waals surface area contributed by atoms with Gasteiger partial charge in [-0.2, -0.15) is 0 Å². The summed E-state index contributed by atoms with van der Waals surface area (Å²) in [6.07, 6.45) is 3.53. The van der Waals surface area contributed by atoms with Crippen molar-refractivity contribution in [2.45, 2.75) is 85.4 Å². The van der Waals surface area contributed by atoms with Crippen molar-refractivity contribution in [3.63, 3.8) is 0 Å². The molecule has 0 radical (unpaired) electrons. The summed E-state index contributed by atoms with van der Waals surface area (Å²) < 4.78 is 5.82. The van der Waals surface area contributed by atoms with Crippen LogP contribution in [-0.4, -0.2) is 40.8 Å². The lowest BCUT2D eigenvalue weighted by molar-refractivity contribution is -0.213. The van der Waals surface area contributed by atoms with E-state index in [-0.39, 0.29) is 29.0 Å². The molecule has 3 fully saturated rings. The molecule has 0 aromatic rings. The number of esters is 1. The van der Waals surface area contributed by atoms with Gasteiger partial charge in [-0.15, -0.1) is 0 Å². The molecule has 0 amide bonds. The lowest BCUT2D eigenvalue weighted by Crippen LogP contribution is -2.63. The molecular weight excluding hydrogens is 344 g/mol. The highest BCUT2D eigenvalue weighted by molar-refractivity contribution is 5.85. The summed E-state index contributed by atoms with van der Waals surface area (Å²) in [5.41, 5.74) is -1.10. The van der Waals surface area contributed by atoms with Crippen LogP contribution in [0.4, 0.5) is 0 Å². The fourth-order valence-electron chi connectivity index (χ4n) is 6.90. The summed E-state index contributed by atoms with van der Waals surface area (Å²) in [6, 6.07) is 0. The number of rotatable bonds is 3. The topological polar surface area (TPSA) is 83.8 Å². The molecule has 5 nitrogen and oxygen atoms in total. The number of ketones is 1. The van der Waals surface area contributed by atoms with Crippen molar-refractivity contribution in [2.75, 3.05) is 6.61 Å². The quantitative estimate of drug-likeness (QED) is 0.735.